The molecule has 2 heterocycles. The SMILES string of the molecule is N#Cc1nccnc1N1CCC(CNC(=O)C(=O)Nc2ccc(F)cc2)CC1. The van der Waals surface area contributed by atoms with Crippen LogP contribution >= 0.6 is 0 Å². The molecule has 2 N–H and O–H groups in total. The average molecular weight is 382 g/mol. The highest BCUT2D eigenvalue weighted by Gasteiger charge is 2.23. The van der Waals surface area contributed by atoms with Crippen molar-refractivity contribution < 1.29 is 14.0 Å². The van der Waals surface area contributed by atoms with Crippen LogP contribution in [0.15, 0.2) is 36.7 Å². The van der Waals surface area contributed by atoms with Gasteiger partial charge in [-0.05, 0) is 43.0 Å². The Morgan fingerprint density at radius 3 is 2.50 bits per heavy atom. The summed E-state index contributed by atoms with van der Waals surface area (Å²) in [5, 5.41) is 14.2. The molecule has 0 radical (unpaired) electrons. The van der Waals surface area contributed by atoms with Crippen LogP contribution < -0.4 is 15.5 Å². The Labute approximate surface area is 161 Å². The molecular weight excluding hydrogens is 363 g/mol. The molecule has 0 atom stereocenters. The van der Waals surface area contributed by atoms with Gasteiger partial charge in [0.15, 0.2) is 11.5 Å². The number of nitriles is 1. The lowest BCUT2D eigenvalue weighted by atomic mass is 9.96. The normalized spacial score (nSPS) is 14.2. The Hall–Kier alpha value is -3.54. The van der Waals surface area contributed by atoms with Crippen molar-refractivity contribution >= 4 is 23.3 Å². The fourth-order valence-corrected chi connectivity index (χ4v) is 3.03. The second-order valence-electron chi connectivity index (χ2n) is 6.44. The van der Waals surface area contributed by atoms with Crippen LogP contribution in [-0.4, -0.2) is 41.4 Å². The van der Waals surface area contributed by atoms with Crippen molar-refractivity contribution in [1.29, 1.82) is 5.26 Å². The number of carbonyl (C=O) groups excluding carboxylic acids is 2. The zero-order chi connectivity index (χ0) is 19.9. The highest BCUT2D eigenvalue weighted by atomic mass is 19.1. The lowest BCUT2D eigenvalue weighted by Crippen LogP contribution is -2.42. The predicted molar refractivity (Wildman–Crippen MR) is 99.7 cm³/mol. The van der Waals surface area contributed by atoms with E-state index in [1.54, 1.807) is 6.20 Å². The van der Waals surface area contributed by atoms with E-state index < -0.39 is 17.6 Å². The monoisotopic (exact) mass is 382 g/mol. The lowest BCUT2D eigenvalue weighted by Gasteiger charge is -2.32. The predicted octanol–water partition coefficient (Wildman–Crippen LogP) is 1.46. The number of piperidine rings is 1. The summed E-state index contributed by atoms with van der Waals surface area (Å²) in [4.78, 5) is 34.1. The third kappa shape index (κ3) is 4.79. The van der Waals surface area contributed by atoms with Gasteiger partial charge in [-0.3, -0.25) is 9.59 Å². The van der Waals surface area contributed by atoms with Gasteiger partial charge in [0.25, 0.3) is 0 Å². The van der Waals surface area contributed by atoms with Crippen LogP contribution in [0.1, 0.15) is 18.5 Å². The summed E-state index contributed by atoms with van der Waals surface area (Å²) < 4.78 is 12.9. The summed E-state index contributed by atoms with van der Waals surface area (Å²) in [6, 6.07) is 7.23. The molecule has 1 saturated heterocycles. The van der Waals surface area contributed by atoms with Gasteiger partial charge in [-0.15, -0.1) is 0 Å². The van der Waals surface area contributed by atoms with Gasteiger partial charge in [0.2, 0.25) is 0 Å². The van der Waals surface area contributed by atoms with Crippen LogP contribution in [0.4, 0.5) is 15.9 Å². The first kappa shape index (κ1) is 19.2. The maximum atomic E-state index is 12.9. The van der Waals surface area contributed by atoms with Crippen molar-refractivity contribution in [3.05, 3.63) is 48.2 Å². The van der Waals surface area contributed by atoms with Gasteiger partial charge in [-0.1, -0.05) is 0 Å². The van der Waals surface area contributed by atoms with Crippen molar-refractivity contribution in [3.63, 3.8) is 0 Å². The van der Waals surface area contributed by atoms with Gasteiger partial charge >= 0.3 is 11.8 Å². The fraction of sp³-hybridized carbons (Fsp3) is 0.316. The van der Waals surface area contributed by atoms with Crippen molar-refractivity contribution in [2.75, 3.05) is 29.9 Å². The maximum absolute atomic E-state index is 12.9. The molecule has 1 aliphatic rings. The number of nitrogens with one attached hydrogen (secondary N) is 2. The molecule has 0 aliphatic carbocycles. The van der Waals surface area contributed by atoms with E-state index in [1.165, 1.54) is 30.5 Å². The molecule has 144 valence electrons. The van der Waals surface area contributed by atoms with Crippen molar-refractivity contribution in [1.82, 2.24) is 15.3 Å². The number of hydrogen-bond donors (Lipinski definition) is 2. The quantitative estimate of drug-likeness (QED) is 0.775. The molecule has 0 saturated carbocycles. The van der Waals surface area contributed by atoms with Gasteiger partial charge < -0.3 is 15.5 Å². The second kappa shape index (κ2) is 8.90. The summed E-state index contributed by atoms with van der Waals surface area (Å²) in [5.74, 6) is -1.14. The minimum absolute atomic E-state index is 0.223. The molecule has 1 aromatic heterocycles. The first-order valence-corrected chi connectivity index (χ1v) is 8.87. The van der Waals surface area contributed by atoms with Gasteiger partial charge in [-0.25, -0.2) is 14.4 Å². The number of hydrogen-bond acceptors (Lipinski definition) is 6. The number of aromatic nitrogens is 2. The third-order valence-corrected chi connectivity index (χ3v) is 4.56. The summed E-state index contributed by atoms with van der Waals surface area (Å²) in [6.07, 6.45) is 4.63. The fourth-order valence-electron chi connectivity index (χ4n) is 3.03. The molecule has 2 amide bonds. The molecule has 8 nitrogen and oxygen atoms in total. The first-order valence-electron chi connectivity index (χ1n) is 8.87. The van der Waals surface area contributed by atoms with Crippen LogP contribution in [0.5, 0.6) is 0 Å². The molecule has 3 rings (SSSR count). The van der Waals surface area contributed by atoms with Crippen molar-refractivity contribution in [2.24, 2.45) is 5.92 Å². The largest absolute Gasteiger partial charge is 0.354 e. The molecule has 1 aromatic carbocycles. The van der Waals surface area contributed by atoms with Crippen molar-refractivity contribution in [3.8, 4) is 6.07 Å². The third-order valence-electron chi connectivity index (χ3n) is 4.56. The minimum Gasteiger partial charge on any atom is -0.354 e. The summed E-state index contributed by atoms with van der Waals surface area (Å²) in [6.45, 7) is 1.76. The maximum Gasteiger partial charge on any atom is 0.313 e. The Kier molecular flexibility index (Phi) is 6.11. The number of nitrogens with zero attached hydrogens (tertiary/aromatic N) is 4. The molecule has 28 heavy (non-hydrogen) atoms. The Morgan fingerprint density at radius 1 is 1.14 bits per heavy atom. The molecule has 0 bridgehead atoms. The zero-order valence-corrected chi connectivity index (χ0v) is 15.1. The van der Waals surface area contributed by atoms with Gasteiger partial charge in [0.1, 0.15) is 11.9 Å². The topological polar surface area (TPSA) is 111 Å². The van der Waals surface area contributed by atoms with Gasteiger partial charge in [-0.2, -0.15) is 5.26 Å². The molecule has 1 fully saturated rings. The van der Waals surface area contributed by atoms with E-state index in [9.17, 15) is 14.0 Å². The number of carbonyl (C=O) groups is 2. The minimum atomic E-state index is -0.790. The molecule has 0 spiro atoms. The van der Waals surface area contributed by atoms with E-state index in [2.05, 4.69) is 20.6 Å². The zero-order valence-electron chi connectivity index (χ0n) is 15.1. The molecule has 0 unspecified atom stereocenters. The highest BCUT2D eigenvalue weighted by Crippen LogP contribution is 2.22. The van der Waals surface area contributed by atoms with Gasteiger partial charge in [0.05, 0.1) is 0 Å². The number of rotatable bonds is 4. The number of amides is 2. The standard InChI is InChI=1S/C19H19FN6O2/c20-14-1-3-15(4-2-14)25-19(28)18(27)24-12-13-5-9-26(10-6-13)17-16(11-21)22-7-8-23-17/h1-4,7-8,13H,5-6,9-10,12H2,(H,24,27)(H,25,28). The van der Waals surface area contributed by atoms with E-state index in [4.69, 9.17) is 5.26 Å². The summed E-state index contributed by atoms with van der Waals surface area (Å²) in [5.41, 5.74) is 0.652. The highest BCUT2D eigenvalue weighted by molar-refractivity contribution is 6.39. The second-order valence-corrected chi connectivity index (χ2v) is 6.44. The van der Waals surface area contributed by atoms with Crippen LogP contribution in [0, 0.1) is 23.1 Å². The Morgan fingerprint density at radius 2 is 1.82 bits per heavy atom. The smallest absolute Gasteiger partial charge is 0.313 e. The van der Waals surface area contributed by atoms with Crippen molar-refractivity contribution in [2.45, 2.75) is 12.8 Å². The first-order chi connectivity index (χ1) is 13.6. The summed E-state index contributed by atoms with van der Waals surface area (Å²) >= 11 is 0. The lowest BCUT2D eigenvalue weighted by molar-refractivity contribution is -0.136. The van der Waals surface area contributed by atoms with E-state index in [1.807, 2.05) is 11.0 Å². The number of anilines is 2. The van der Waals surface area contributed by atoms with E-state index >= 15 is 0 Å². The number of benzene rings is 1. The molecule has 9 heteroatoms. The Balaban J connectivity index is 1.45. The van der Waals surface area contributed by atoms with Crippen LogP contribution in [0.25, 0.3) is 0 Å². The Bertz CT molecular complexity index is 888. The summed E-state index contributed by atoms with van der Waals surface area (Å²) in [7, 11) is 0. The van der Waals surface area contributed by atoms with Crippen LogP contribution in [-0.2, 0) is 9.59 Å². The van der Waals surface area contributed by atoms with Gasteiger partial charge in [0, 0.05) is 37.7 Å². The van der Waals surface area contributed by atoms with Crippen LogP contribution in [0.3, 0.4) is 0 Å². The average Bonchev–Trinajstić information content (AvgIpc) is 2.74. The molecular formula is C19H19FN6O2. The van der Waals surface area contributed by atoms with E-state index in [0.29, 0.717) is 36.8 Å². The molecule has 2 aromatic rings. The van der Waals surface area contributed by atoms with E-state index in [0.717, 1.165) is 12.8 Å². The molecule has 1 aliphatic heterocycles. The number of halogens is 1. The van der Waals surface area contributed by atoms with E-state index in [-0.39, 0.29) is 5.92 Å². The van der Waals surface area contributed by atoms with Crippen LogP contribution in [0.2, 0.25) is 0 Å².